The molecular formula is C18H16ClN3O3. The lowest BCUT2D eigenvalue weighted by atomic mass is 10.2. The molecule has 0 unspecified atom stereocenters. The second-order valence-electron chi connectivity index (χ2n) is 5.16. The van der Waals surface area contributed by atoms with Crippen LogP contribution in [0.3, 0.4) is 0 Å². The summed E-state index contributed by atoms with van der Waals surface area (Å²) in [6, 6.07) is 12.1. The van der Waals surface area contributed by atoms with E-state index in [0.717, 1.165) is 0 Å². The van der Waals surface area contributed by atoms with Gasteiger partial charge in [-0.1, -0.05) is 11.6 Å². The molecule has 0 aliphatic carbocycles. The fourth-order valence-corrected chi connectivity index (χ4v) is 2.41. The number of hydrogen-bond donors (Lipinski definition) is 2. The number of hydrogen-bond acceptors (Lipinski definition) is 5. The second kappa shape index (κ2) is 7.72. The highest BCUT2D eigenvalue weighted by Gasteiger charge is 2.10. The Morgan fingerprint density at radius 2 is 2.16 bits per heavy atom. The van der Waals surface area contributed by atoms with Crippen LogP contribution in [0, 0.1) is 0 Å². The largest absolute Gasteiger partial charge is 0.495 e. The summed E-state index contributed by atoms with van der Waals surface area (Å²) in [6.07, 6.45) is 3.12. The number of carbonyl (C=O) groups is 1. The quantitative estimate of drug-likeness (QED) is 0.697. The molecule has 0 fully saturated rings. The number of nitrogens with one attached hydrogen (secondary N) is 2. The molecule has 25 heavy (non-hydrogen) atoms. The third kappa shape index (κ3) is 4.30. The maximum atomic E-state index is 12.3. The number of carbonyl (C=O) groups excluding carboxylic acids is 1. The van der Waals surface area contributed by atoms with Crippen molar-refractivity contribution in [3.8, 4) is 5.75 Å². The average Bonchev–Trinajstić information content (AvgIpc) is 3.14. The maximum Gasteiger partial charge on any atom is 0.251 e. The number of ether oxygens (including phenoxy) is 1. The molecule has 1 amide bonds. The van der Waals surface area contributed by atoms with Crippen LogP contribution >= 0.6 is 11.6 Å². The van der Waals surface area contributed by atoms with Crippen molar-refractivity contribution >= 4 is 29.0 Å². The van der Waals surface area contributed by atoms with Gasteiger partial charge in [0.25, 0.3) is 5.91 Å². The van der Waals surface area contributed by atoms with Crippen molar-refractivity contribution in [2.24, 2.45) is 0 Å². The van der Waals surface area contributed by atoms with Crippen molar-refractivity contribution in [1.82, 2.24) is 10.3 Å². The van der Waals surface area contributed by atoms with Gasteiger partial charge in [0.1, 0.15) is 17.3 Å². The van der Waals surface area contributed by atoms with E-state index in [9.17, 15) is 4.79 Å². The van der Waals surface area contributed by atoms with E-state index >= 15 is 0 Å². The Bertz CT molecular complexity index is 866. The molecule has 7 heteroatoms. The standard InChI is InChI=1S/C18H16ClN3O3/c1-24-16-5-4-13(19)10-15(16)22-17-9-12(6-7-20-17)18(23)21-11-14-3-2-8-25-14/h2-10H,11H2,1H3,(H,20,22)(H,21,23). The van der Waals surface area contributed by atoms with Crippen LogP contribution in [0.25, 0.3) is 0 Å². The zero-order valence-electron chi connectivity index (χ0n) is 13.5. The molecule has 2 N–H and O–H groups in total. The highest BCUT2D eigenvalue weighted by Crippen LogP contribution is 2.30. The molecule has 0 radical (unpaired) electrons. The van der Waals surface area contributed by atoms with E-state index in [4.69, 9.17) is 20.8 Å². The number of benzene rings is 1. The van der Waals surface area contributed by atoms with Gasteiger partial charge in [-0.2, -0.15) is 0 Å². The first-order chi connectivity index (χ1) is 12.2. The lowest BCUT2D eigenvalue weighted by Crippen LogP contribution is -2.22. The Kier molecular flexibility index (Phi) is 5.20. The van der Waals surface area contributed by atoms with E-state index in [-0.39, 0.29) is 5.91 Å². The molecular weight excluding hydrogens is 342 g/mol. The number of halogens is 1. The van der Waals surface area contributed by atoms with Crippen molar-refractivity contribution in [1.29, 1.82) is 0 Å². The monoisotopic (exact) mass is 357 g/mol. The van der Waals surface area contributed by atoms with Crippen LogP contribution in [-0.2, 0) is 6.54 Å². The molecule has 2 heterocycles. The zero-order chi connectivity index (χ0) is 17.6. The molecule has 0 bridgehead atoms. The van der Waals surface area contributed by atoms with E-state index in [1.165, 1.54) is 0 Å². The van der Waals surface area contributed by atoms with Gasteiger partial charge < -0.3 is 19.8 Å². The molecule has 0 spiro atoms. The number of furan rings is 1. The minimum atomic E-state index is -0.222. The van der Waals surface area contributed by atoms with Gasteiger partial charge in [0, 0.05) is 16.8 Å². The van der Waals surface area contributed by atoms with Crippen LogP contribution < -0.4 is 15.4 Å². The number of methoxy groups -OCH3 is 1. The van der Waals surface area contributed by atoms with Gasteiger partial charge in [-0.25, -0.2) is 4.98 Å². The molecule has 3 aromatic rings. The maximum absolute atomic E-state index is 12.3. The van der Waals surface area contributed by atoms with Crippen LogP contribution in [0.1, 0.15) is 16.1 Å². The fraction of sp³-hybridized carbons (Fsp3) is 0.111. The minimum absolute atomic E-state index is 0.222. The van der Waals surface area contributed by atoms with Crippen LogP contribution in [0.2, 0.25) is 5.02 Å². The number of rotatable bonds is 6. The molecule has 0 saturated carbocycles. The fourth-order valence-electron chi connectivity index (χ4n) is 2.24. The van der Waals surface area contributed by atoms with E-state index in [0.29, 0.717) is 40.1 Å². The molecule has 128 valence electrons. The first-order valence-electron chi connectivity index (χ1n) is 7.53. The molecule has 0 saturated heterocycles. The van der Waals surface area contributed by atoms with Gasteiger partial charge in [0.2, 0.25) is 0 Å². The Morgan fingerprint density at radius 1 is 1.28 bits per heavy atom. The number of nitrogens with zero attached hydrogens (tertiary/aromatic N) is 1. The first kappa shape index (κ1) is 16.9. The van der Waals surface area contributed by atoms with Gasteiger partial charge in [-0.3, -0.25) is 4.79 Å². The third-order valence-electron chi connectivity index (χ3n) is 3.45. The Hall–Kier alpha value is -2.99. The third-order valence-corrected chi connectivity index (χ3v) is 3.68. The minimum Gasteiger partial charge on any atom is -0.495 e. The van der Waals surface area contributed by atoms with Gasteiger partial charge >= 0.3 is 0 Å². The number of pyridine rings is 1. The zero-order valence-corrected chi connectivity index (χ0v) is 14.2. The van der Waals surface area contributed by atoms with Gasteiger partial charge in [0.05, 0.1) is 25.6 Å². The van der Waals surface area contributed by atoms with Crippen LogP contribution in [0.15, 0.2) is 59.3 Å². The summed E-state index contributed by atoms with van der Waals surface area (Å²) in [6.45, 7) is 0.318. The summed E-state index contributed by atoms with van der Waals surface area (Å²) in [5.41, 5.74) is 1.14. The molecule has 0 atom stereocenters. The van der Waals surface area contributed by atoms with Crippen LogP contribution in [-0.4, -0.2) is 18.0 Å². The SMILES string of the molecule is COc1ccc(Cl)cc1Nc1cc(C(=O)NCc2ccco2)ccn1. The van der Waals surface area contributed by atoms with E-state index in [1.807, 2.05) is 0 Å². The number of anilines is 2. The predicted molar refractivity (Wildman–Crippen MR) is 95.4 cm³/mol. The van der Waals surface area contributed by atoms with Crippen LogP contribution in [0.5, 0.6) is 5.75 Å². The predicted octanol–water partition coefficient (Wildman–Crippen LogP) is 4.01. The summed E-state index contributed by atoms with van der Waals surface area (Å²) >= 11 is 6.02. The molecule has 1 aromatic carbocycles. The smallest absolute Gasteiger partial charge is 0.251 e. The van der Waals surface area contributed by atoms with Crippen molar-refractivity contribution in [2.75, 3.05) is 12.4 Å². The Balaban J connectivity index is 1.73. The highest BCUT2D eigenvalue weighted by atomic mass is 35.5. The molecule has 0 aliphatic rings. The van der Waals surface area contributed by atoms with Gasteiger partial charge in [0.15, 0.2) is 0 Å². The Morgan fingerprint density at radius 3 is 2.92 bits per heavy atom. The van der Waals surface area contributed by atoms with Crippen molar-refractivity contribution in [3.63, 3.8) is 0 Å². The molecule has 3 rings (SSSR count). The Labute approximate surface area is 149 Å². The normalized spacial score (nSPS) is 10.3. The lowest BCUT2D eigenvalue weighted by Gasteiger charge is -2.11. The van der Waals surface area contributed by atoms with Crippen molar-refractivity contribution in [3.05, 3.63) is 71.3 Å². The summed E-state index contributed by atoms with van der Waals surface area (Å²) in [5, 5.41) is 6.47. The summed E-state index contributed by atoms with van der Waals surface area (Å²) in [5.74, 6) is 1.59. The van der Waals surface area contributed by atoms with Crippen LogP contribution in [0.4, 0.5) is 11.5 Å². The molecule has 2 aromatic heterocycles. The highest BCUT2D eigenvalue weighted by molar-refractivity contribution is 6.31. The van der Waals surface area contributed by atoms with E-state index < -0.39 is 0 Å². The topological polar surface area (TPSA) is 76.4 Å². The average molecular weight is 358 g/mol. The molecule has 6 nitrogen and oxygen atoms in total. The van der Waals surface area contributed by atoms with Crippen molar-refractivity contribution < 1.29 is 13.9 Å². The van der Waals surface area contributed by atoms with E-state index in [1.54, 1.807) is 62.0 Å². The van der Waals surface area contributed by atoms with E-state index in [2.05, 4.69) is 15.6 Å². The summed E-state index contributed by atoms with van der Waals surface area (Å²) in [4.78, 5) is 16.5. The van der Waals surface area contributed by atoms with Gasteiger partial charge in [-0.15, -0.1) is 0 Å². The molecule has 0 aliphatic heterocycles. The number of amides is 1. The second-order valence-corrected chi connectivity index (χ2v) is 5.60. The van der Waals surface area contributed by atoms with Crippen molar-refractivity contribution in [2.45, 2.75) is 6.54 Å². The first-order valence-corrected chi connectivity index (χ1v) is 7.90. The summed E-state index contributed by atoms with van der Waals surface area (Å²) < 4.78 is 10.5. The lowest BCUT2D eigenvalue weighted by molar-refractivity contribution is 0.0948. The van der Waals surface area contributed by atoms with Gasteiger partial charge in [-0.05, 0) is 42.5 Å². The summed E-state index contributed by atoms with van der Waals surface area (Å²) in [7, 11) is 1.57. The number of aromatic nitrogens is 1.